The molecule has 7 heteroatoms. The Hall–Kier alpha value is -2.44. The van der Waals surface area contributed by atoms with E-state index in [0.29, 0.717) is 6.54 Å². The van der Waals surface area contributed by atoms with E-state index < -0.39 is 0 Å². The smallest absolute Gasteiger partial charge is 0.231 e. The Kier molecular flexibility index (Phi) is 5.22. The fourth-order valence-corrected chi connectivity index (χ4v) is 5.28. The molecule has 0 unspecified atom stereocenters. The second-order valence-electron chi connectivity index (χ2n) is 8.80. The van der Waals surface area contributed by atoms with Crippen LogP contribution in [-0.4, -0.2) is 27.9 Å². The molecule has 0 aliphatic carbocycles. The standard InChI is InChI=1S/C24H27ClFN5/c1-3-16-5-4-6-19(26)22(16)24(2)9-11-30(12-10-24)23-29-28-21-15-27-14-17-13-18(25)7-8-20(17)31(21)23/h4-8,13,27H,3,9-12,14-15H2,1-2H3. The molecular formula is C24H27ClFN5. The average molecular weight is 440 g/mol. The van der Waals surface area contributed by atoms with Crippen LogP contribution >= 0.6 is 11.6 Å². The molecule has 2 aliphatic rings. The van der Waals surface area contributed by atoms with Gasteiger partial charge in [-0.3, -0.25) is 4.57 Å². The number of benzene rings is 2. The third-order valence-corrected chi connectivity index (χ3v) is 7.06. The van der Waals surface area contributed by atoms with Gasteiger partial charge in [-0.1, -0.05) is 37.6 Å². The van der Waals surface area contributed by atoms with E-state index in [1.807, 2.05) is 24.3 Å². The Morgan fingerprint density at radius 1 is 1.13 bits per heavy atom. The van der Waals surface area contributed by atoms with Gasteiger partial charge in [-0.15, -0.1) is 10.2 Å². The summed E-state index contributed by atoms with van der Waals surface area (Å²) in [6, 6.07) is 11.4. The van der Waals surface area contributed by atoms with Gasteiger partial charge in [0.15, 0.2) is 5.82 Å². The molecule has 1 aromatic heterocycles. The number of halogens is 2. The number of piperidine rings is 1. The zero-order valence-electron chi connectivity index (χ0n) is 18.0. The summed E-state index contributed by atoms with van der Waals surface area (Å²) in [5, 5.41) is 13.2. The molecule has 0 atom stereocenters. The van der Waals surface area contributed by atoms with Gasteiger partial charge in [0.05, 0.1) is 12.2 Å². The van der Waals surface area contributed by atoms with Crippen LogP contribution in [0.2, 0.25) is 5.02 Å². The molecule has 2 aliphatic heterocycles. The van der Waals surface area contributed by atoms with Crippen molar-refractivity contribution in [2.45, 2.75) is 51.6 Å². The van der Waals surface area contributed by atoms with E-state index in [1.165, 1.54) is 0 Å². The number of nitrogens with one attached hydrogen (secondary N) is 1. The topological polar surface area (TPSA) is 46.0 Å². The Labute approximate surface area is 187 Å². The van der Waals surface area contributed by atoms with Crippen LogP contribution in [0, 0.1) is 5.82 Å². The molecule has 0 radical (unpaired) electrons. The predicted molar refractivity (Wildman–Crippen MR) is 121 cm³/mol. The first-order valence-corrected chi connectivity index (χ1v) is 11.3. The van der Waals surface area contributed by atoms with Crippen molar-refractivity contribution < 1.29 is 4.39 Å². The van der Waals surface area contributed by atoms with Gasteiger partial charge in [0.2, 0.25) is 5.95 Å². The predicted octanol–water partition coefficient (Wildman–Crippen LogP) is 4.78. The first-order chi connectivity index (χ1) is 15.0. The highest BCUT2D eigenvalue weighted by Gasteiger charge is 2.37. The maximum absolute atomic E-state index is 14.8. The molecule has 0 bridgehead atoms. The number of hydrogen-bond donors (Lipinski definition) is 1. The maximum Gasteiger partial charge on any atom is 0.231 e. The largest absolute Gasteiger partial charge is 0.341 e. The summed E-state index contributed by atoms with van der Waals surface area (Å²) in [6.07, 6.45) is 2.58. The summed E-state index contributed by atoms with van der Waals surface area (Å²) < 4.78 is 17.0. The lowest BCUT2D eigenvalue weighted by Gasteiger charge is -2.41. The molecule has 0 saturated carbocycles. The van der Waals surface area contributed by atoms with Crippen LogP contribution < -0.4 is 10.2 Å². The van der Waals surface area contributed by atoms with Crippen molar-refractivity contribution in [3.05, 3.63) is 69.8 Å². The van der Waals surface area contributed by atoms with Gasteiger partial charge in [0.1, 0.15) is 5.82 Å². The molecular weight excluding hydrogens is 413 g/mol. The van der Waals surface area contributed by atoms with Crippen molar-refractivity contribution in [2.24, 2.45) is 0 Å². The first-order valence-electron chi connectivity index (χ1n) is 11.0. The quantitative estimate of drug-likeness (QED) is 0.637. The van der Waals surface area contributed by atoms with Crippen LogP contribution in [0.4, 0.5) is 10.3 Å². The minimum Gasteiger partial charge on any atom is -0.341 e. The lowest BCUT2D eigenvalue weighted by molar-refractivity contribution is 0.344. The summed E-state index contributed by atoms with van der Waals surface area (Å²) in [7, 11) is 0. The van der Waals surface area contributed by atoms with Gasteiger partial charge in [-0.05, 0) is 65.6 Å². The van der Waals surface area contributed by atoms with E-state index in [2.05, 4.69) is 44.9 Å². The summed E-state index contributed by atoms with van der Waals surface area (Å²) in [5.74, 6) is 1.67. The van der Waals surface area contributed by atoms with Crippen LogP contribution in [0.15, 0.2) is 36.4 Å². The first kappa shape index (κ1) is 20.5. The molecule has 162 valence electrons. The van der Waals surface area contributed by atoms with Gasteiger partial charge in [0, 0.05) is 24.7 Å². The van der Waals surface area contributed by atoms with Gasteiger partial charge < -0.3 is 10.2 Å². The minimum atomic E-state index is -0.179. The number of nitrogens with zero attached hydrogens (tertiary/aromatic N) is 4. The van der Waals surface area contributed by atoms with Crippen molar-refractivity contribution in [2.75, 3.05) is 18.0 Å². The van der Waals surface area contributed by atoms with Crippen LogP contribution in [0.25, 0.3) is 5.69 Å². The molecule has 2 aromatic carbocycles. The fourth-order valence-electron chi connectivity index (χ4n) is 5.09. The molecule has 31 heavy (non-hydrogen) atoms. The highest BCUT2D eigenvalue weighted by molar-refractivity contribution is 6.30. The van der Waals surface area contributed by atoms with Crippen LogP contribution in [-0.2, 0) is 24.9 Å². The third-order valence-electron chi connectivity index (χ3n) is 6.83. The lowest BCUT2D eigenvalue weighted by Crippen LogP contribution is -2.43. The summed E-state index contributed by atoms with van der Waals surface area (Å²) >= 11 is 6.24. The average Bonchev–Trinajstić information content (AvgIpc) is 3.09. The van der Waals surface area contributed by atoms with Gasteiger partial charge in [0.25, 0.3) is 0 Å². The molecule has 1 saturated heterocycles. The summed E-state index contributed by atoms with van der Waals surface area (Å²) in [4.78, 5) is 2.29. The third kappa shape index (κ3) is 3.52. The number of rotatable bonds is 3. The van der Waals surface area contributed by atoms with Crippen molar-refractivity contribution in [1.82, 2.24) is 20.1 Å². The van der Waals surface area contributed by atoms with Crippen molar-refractivity contribution in [3.63, 3.8) is 0 Å². The molecule has 0 amide bonds. The number of anilines is 1. The van der Waals surface area contributed by atoms with E-state index in [0.717, 1.165) is 78.1 Å². The molecule has 0 spiro atoms. The number of aromatic nitrogens is 3. The maximum atomic E-state index is 14.8. The molecule has 1 fully saturated rings. The van der Waals surface area contributed by atoms with E-state index in [4.69, 9.17) is 11.6 Å². The summed E-state index contributed by atoms with van der Waals surface area (Å²) in [5.41, 5.74) is 4.03. The van der Waals surface area contributed by atoms with E-state index in [1.54, 1.807) is 6.07 Å². The highest BCUT2D eigenvalue weighted by Crippen LogP contribution is 2.40. The second-order valence-corrected chi connectivity index (χ2v) is 9.24. The van der Waals surface area contributed by atoms with Crippen molar-refractivity contribution >= 4 is 17.5 Å². The molecule has 1 N–H and O–H groups in total. The van der Waals surface area contributed by atoms with Crippen LogP contribution in [0.5, 0.6) is 0 Å². The summed E-state index contributed by atoms with van der Waals surface area (Å²) in [6.45, 7) is 7.31. The highest BCUT2D eigenvalue weighted by atomic mass is 35.5. The zero-order chi connectivity index (χ0) is 21.6. The van der Waals surface area contributed by atoms with E-state index >= 15 is 0 Å². The van der Waals surface area contributed by atoms with Crippen molar-refractivity contribution in [3.8, 4) is 5.69 Å². The van der Waals surface area contributed by atoms with Crippen molar-refractivity contribution in [1.29, 1.82) is 0 Å². The van der Waals surface area contributed by atoms with Gasteiger partial charge in [-0.25, -0.2) is 4.39 Å². The Morgan fingerprint density at radius 3 is 2.71 bits per heavy atom. The van der Waals surface area contributed by atoms with Crippen LogP contribution in [0.1, 0.15) is 49.2 Å². The number of fused-ring (bicyclic) bond motifs is 3. The fraction of sp³-hybridized carbons (Fsp3) is 0.417. The molecule has 3 aromatic rings. The second kappa shape index (κ2) is 7.92. The monoisotopic (exact) mass is 439 g/mol. The molecule has 5 rings (SSSR count). The van der Waals surface area contributed by atoms with Gasteiger partial charge in [-0.2, -0.15) is 0 Å². The zero-order valence-corrected chi connectivity index (χ0v) is 18.7. The molecule has 3 heterocycles. The van der Waals surface area contributed by atoms with E-state index in [-0.39, 0.29) is 11.2 Å². The normalized spacial score (nSPS) is 17.7. The molecule has 5 nitrogen and oxygen atoms in total. The minimum absolute atomic E-state index is 0.0801. The SMILES string of the molecule is CCc1cccc(F)c1C1(C)CCN(c2nnc3n2-c2ccc(Cl)cc2CNC3)CC1. The Balaban J connectivity index is 1.46. The van der Waals surface area contributed by atoms with Crippen LogP contribution in [0.3, 0.4) is 0 Å². The number of aryl methyl sites for hydroxylation is 1. The van der Waals surface area contributed by atoms with E-state index in [9.17, 15) is 4.39 Å². The van der Waals surface area contributed by atoms with Gasteiger partial charge >= 0.3 is 0 Å². The Bertz CT molecular complexity index is 1120. The lowest BCUT2D eigenvalue weighted by atomic mass is 9.72. The Morgan fingerprint density at radius 2 is 1.94 bits per heavy atom. The number of hydrogen-bond acceptors (Lipinski definition) is 4.